The number of rotatable bonds is 2. The summed E-state index contributed by atoms with van der Waals surface area (Å²) < 4.78 is 1.28. The van der Waals surface area contributed by atoms with Crippen LogP contribution < -0.4 is 0 Å². The number of hydrogen-bond donors (Lipinski definition) is 2. The third-order valence-electron chi connectivity index (χ3n) is 6.93. The number of aromatic nitrogens is 2. The SMILES string of the molecule is CC(C)(C)c1cc(Br)c(O)c(-c2ccc3ccc4ccc(-c5cc(C(C)(C)C)cc(Br)c5O)nc4c3n2)c1.[Zn]. The van der Waals surface area contributed by atoms with Gasteiger partial charge in [0.25, 0.3) is 0 Å². The molecule has 39 heavy (non-hydrogen) atoms. The van der Waals surface area contributed by atoms with Crippen molar-refractivity contribution >= 4 is 53.7 Å². The van der Waals surface area contributed by atoms with Gasteiger partial charge < -0.3 is 10.2 Å². The third kappa shape index (κ3) is 5.64. The molecule has 0 fully saturated rings. The van der Waals surface area contributed by atoms with Crippen LogP contribution >= 0.6 is 31.9 Å². The van der Waals surface area contributed by atoms with Crippen molar-refractivity contribution in [2.45, 2.75) is 52.4 Å². The molecule has 0 unspecified atom stereocenters. The molecule has 0 saturated carbocycles. The fourth-order valence-electron chi connectivity index (χ4n) is 4.52. The second-order valence-corrected chi connectivity index (χ2v) is 13.5. The molecule has 7 heteroatoms. The van der Waals surface area contributed by atoms with Crippen LogP contribution in [-0.2, 0) is 30.3 Å². The molecule has 0 atom stereocenters. The third-order valence-corrected chi connectivity index (χ3v) is 8.14. The molecule has 2 aromatic heterocycles. The number of aromatic hydroxyl groups is 2. The summed E-state index contributed by atoms with van der Waals surface area (Å²) in [7, 11) is 0. The molecular weight excluding hydrogens is 670 g/mol. The van der Waals surface area contributed by atoms with Gasteiger partial charge in [-0.05, 0) is 90.2 Å². The van der Waals surface area contributed by atoms with Gasteiger partial charge in [-0.1, -0.05) is 65.8 Å². The summed E-state index contributed by atoms with van der Waals surface area (Å²) in [5.74, 6) is 0.319. The van der Waals surface area contributed by atoms with Gasteiger partial charge in [0.15, 0.2) is 0 Å². The largest absolute Gasteiger partial charge is 0.506 e. The van der Waals surface area contributed by atoms with E-state index >= 15 is 0 Å². The van der Waals surface area contributed by atoms with Gasteiger partial charge >= 0.3 is 0 Å². The van der Waals surface area contributed by atoms with Gasteiger partial charge in [-0.3, -0.25) is 0 Å². The molecule has 3 aromatic carbocycles. The molecular formula is C32H30Br2N2O2Zn. The Hall–Kier alpha value is -2.34. The molecule has 0 aliphatic heterocycles. The number of nitrogens with zero attached hydrogens (tertiary/aromatic N) is 2. The Labute approximate surface area is 258 Å². The summed E-state index contributed by atoms with van der Waals surface area (Å²) in [6, 6.07) is 19.9. The minimum absolute atomic E-state index is 0. The van der Waals surface area contributed by atoms with E-state index in [0.717, 1.165) is 32.9 Å². The second-order valence-electron chi connectivity index (χ2n) is 11.8. The van der Waals surface area contributed by atoms with E-state index in [0.29, 0.717) is 31.5 Å². The molecule has 196 valence electrons. The van der Waals surface area contributed by atoms with Crippen LogP contribution in [0, 0.1) is 0 Å². The van der Waals surface area contributed by atoms with Crippen LogP contribution in [0.4, 0.5) is 0 Å². The maximum atomic E-state index is 10.9. The Kier molecular flexibility index (Phi) is 8.04. The Bertz CT molecular complexity index is 1610. The molecule has 0 aliphatic rings. The summed E-state index contributed by atoms with van der Waals surface area (Å²) in [4.78, 5) is 10.0. The Balaban J connectivity index is 0.00000353. The van der Waals surface area contributed by atoms with E-state index in [1.165, 1.54) is 0 Å². The minimum Gasteiger partial charge on any atom is -0.506 e. The quantitative estimate of drug-likeness (QED) is 0.142. The molecule has 2 heterocycles. The number of fused-ring (bicyclic) bond motifs is 3. The van der Waals surface area contributed by atoms with E-state index < -0.39 is 0 Å². The first-order valence-electron chi connectivity index (χ1n) is 12.5. The topological polar surface area (TPSA) is 66.2 Å². The van der Waals surface area contributed by atoms with E-state index in [1.807, 2.05) is 60.7 Å². The van der Waals surface area contributed by atoms with Crippen molar-refractivity contribution in [3.8, 4) is 34.0 Å². The van der Waals surface area contributed by atoms with Crippen molar-refractivity contribution in [3.63, 3.8) is 0 Å². The average molecular weight is 700 g/mol. The number of benzene rings is 3. The fraction of sp³-hybridized carbons (Fsp3) is 0.250. The zero-order valence-electron chi connectivity index (χ0n) is 23.0. The predicted molar refractivity (Wildman–Crippen MR) is 164 cm³/mol. The minimum atomic E-state index is -0.0944. The maximum Gasteiger partial charge on any atom is 0.139 e. The zero-order valence-corrected chi connectivity index (χ0v) is 29.2. The van der Waals surface area contributed by atoms with Gasteiger partial charge in [0, 0.05) is 41.4 Å². The molecule has 0 spiro atoms. The molecule has 0 aliphatic carbocycles. The molecule has 5 rings (SSSR count). The van der Waals surface area contributed by atoms with Gasteiger partial charge in [0.1, 0.15) is 11.5 Å². The van der Waals surface area contributed by atoms with Gasteiger partial charge in [-0.25, -0.2) is 9.97 Å². The van der Waals surface area contributed by atoms with E-state index in [1.54, 1.807) is 0 Å². The molecule has 4 nitrogen and oxygen atoms in total. The van der Waals surface area contributed by atoms with Crippen LogP contribution in [0.5, 0.6) is 11.5 Å². The van der Waals surface area contributed by atoms with E-state index in [2.05, 4.69) is 73.4 Å². The molecule has 0 amide bonds. The zero-order chi connectivity index (χ0) is 27.6. The predicted octanol–water partition coefficient (Wildman–Crippen LogP) is 9.65. The number of halogens is 2. The number of phenols is 2. The van der Waals surface area contributed by atoms with Crippen molar-refractivity contribution in [2.75, 3.05) is 0 Å². The molecule has 2 N–H and O–H groups in total. The summed E-state index contributed by atoms with van der Waals surface area (Å²) in [6.07, 6.45) is 0. The first-order valence-corrected chi connectivity index (χ1v) is 14.1. The van der Waals surface area contributed by atoms with Gasteiger partial charge in [-0.15, -0.1) is 0 Å². The van der Waals surface area contributed by atoms with Crippen molar-refractivity contribution < 1.29 is 29.7 Å². The number of pyridine rings is 2. The Morgan fingerprint density at radius 1 is 0.564 bits per heavy atom. The van der Waals surface area contributed by atoms with Crippen molar-refractivity contribution in [1.29, 1.82) is 0 Å². The maximum absolute atomic E-state index is 10.9. The van der Waals surface area contributed by atoms with E-state index in [9.17, 15) is 10.2 Å². The number of phenolic OH excluding ortho intramolecular Hbond substituents is 2. The van der Waals surface area contributed by atoms with Crippen LogP contribution in [0.2, 0.25) is 0 Å². The van der Waals surface area contributed by atoms with Crippen LogP contribution in [0.25, 0.3) is 44.3 Å². The smallest absolute Gasteiger partial charge is 0.139 e. The summed E-state index contributed by atoms with van der Waals surface area (Å²) in [5, 5.41) is 23.8. The van der Waals surface area contributed by atoms with Crippen LogP contribution in [-0.4, -0.2) is 20.2 Å². The van der Waals surface area contributed by atoms with Gasteiger partial charge in [0.2, 0.25) is 0 Å². The number of hydrogen-bond acceptors (Lipinski definition) is 4. The molecule has 0 radical (unpaired) electrons. The first kappa shape index (κ1) is 29.6. The van der Waals surface area contributed by atoms with Crippen LogP contribution in [0.15, 0.2) is 69.6 Å². The monoisotopic (exact) mass is 696 g/mol. The Morgan fingerprint density at radius 3 is 1.23 bits per heavy atom. The normalized spacial score (nSPS) is 12.1. The van der Waals surface area contributed by atoms with Crippen LogP contribution in [0.1, 0.15) is 52.7 Å². The van der Waals surface area contributed by atoms with Gasteiger partial charge in [-0.2, -0.15) is 0 Å². The average Bonchev–Trinajstić information content (AvgIpc) is 2.85. The van der Waals surface area contributed by atoms with E-state index in [4.69, 9.17) is 9.97 Å². The summed E-state index contributed by atoms with van der Waals surface area (Å²) in [5.41, 5.74) is 6.15. The summed E-state index contributed by atoms with van der Waals surface area (Å²) in [6.45, 7) is 12.9. The van der Waals surface area contributed by atoms with Crippen molar-refractivity contribution in [2.24, 2.45) is 0 Å². The summed E-state index contributed by atoms with van der Waals surface area (Å²) >= 11 is 7.05. The fourth-order valence-corrected chi connectivity index (χ4v) is 5.44. The van der Waals surface area contributed by atoms with Crippen molar-refractivity contribution in [1.82, 2.24) is 9.97 Å². The standard InChI is InChI=1S/C32H30Br2N2O2.Zn/c1-31(2,3)19-13-21(29(37)23(33)15-19)25-11-9-17-7-8-18-10-12-26(36-28(18)27(17)35-25)22-14-20(32(4,5)6)16-24(34)30(22)38;/h7-16,37-38H,1-6H3;. The second kappa shape index (κ2) is 10.6. The Morgan fingerprint density at radius 2 is 0.897 bits per heavy atom. The van der Waals surface area contributed by atoms with Gasteiger partial charge in [0.05, 0.1) is 31.4 Å². The molecule has 0 saturated heterocycles. The van der Waals surface area contributed by atoms with Crippen molar-refractivity contribution in [3.05, 3.63) is 80.7 Å². The first-order chi connectivity index (χ1) is 17.7. The van der Waals surface area contributed by atoms with Crippen LogP contribution in [0.3, 0.4) is 0 Å². The molecule has 0 bridgehead atoms. The van der Waals surface area contributed by atoms with E-state index in [-0.39, 0.29) is 41.8 Å². The molecule has 5 aromatic rings.